The Hall–Kier alpha value is -2.00. The minimum atomic E-state index is -0.528. The molecule has 1 rings (SSSR count). The van der Waals surface area contributed by atoms with Crippen LogP contribution in [0.15, 0.2) is 6.33 Å². The number of methoxy groups -OCH3 is 2. The quantitative estimate of drug-likeness (QED) is 0.470. The van der Waals surface area contributed by atoms with Crippen molar-refractivity contribution in [3.8, 4) is 5.88 Å². The van der Waals surface area contributed by atoms with E-state index in [1.165, 1.54) is 6.33 Å². The Bertz CT molecular complexity index is 475. The molecule has 0 unspecified atom stereocenters. The van der Waals surface area contributed by atoms with Gasteiger partial charge in [0, 0.05) is 27.3 Å². The highest BCUT2D eigenvalue weighted by Gasteiger charge is 2.28. The lowest BCUT2D eigenvalue weighted by Crippen LogP contribution is -2.32. The second-order valence-electron chi connectivity index (χ2n) is 4.75. The number of hydrogen-bond donors (Lipinski definition) is 0. The van der Waals surface area contributed by atoms with Crippen LogP contribution in [-0.4, -0.2) is 61.5 Å². The highest BCUT2D eigenvalue weighted by Crippen LogP contribution is 2.33. The lowest BCUT2D eigenvalue weighted by molar-refractivity contribution is -0.385. The number of nitro groups is 1. The van der Waals surface area contributed by atoms with Crippen molar-refractivity contribution in [2.45, 2.75) is 20.0 Å². The second-order valence-corrected chi connectivity index (χ2v) is 4.75. The molecule has 0 radical (unpaired) electrons. The highest BCUT2D eigenvalue weighted by molar-refractivity contribution is 5.62. The zero-order valence-electron chi connectivity index (χ0n) is 13.3. The van der Waals surface area contributed by atoms with E-state index in [4.69, 9.17) is 14.2 Å². The minimum absolute atomic E-state index is 0.0372. The third-order valence-electron chi connectivity index (χ3n) is 2.73. The topological polar surface area (TPSA) is 99.9 Å². The number of anilines is 1. The summed E-state index contributed by atoms with van der Waals surface area (Å²) in [5.74, 6) is 0.162. The maximum atomic E-state index is 11.4. The van der Waals surface area contributed by atoms with Gasteiger partial charge in [-0.1, -0.05) is 0 Å². The molecule has 1 aromatic heterocycles. The molecule has 0 atom stereocenters. The Kier molecular flexibility index (Phi) is 7.47. The van der Waals surface area contributed by atoms with Crippen molar-refractivity contribution in [3.63, 3.8) is 0 Å². The van der Waals surface area contributed by atoms with Crippen LogP contribution in [0.5, 0.6) is 5.88 Å². The van der Waals surface area contributed by atoms with Gasteiger partial charge in [-0.25, -0.2) is 4.98 Å². The molecule has 0 amide bonds. The Morgan fingerprint density at radius 3 is 2.27 bits per heavy atom. The van der Waals surface area contributed by atoms with Gasteiger partial charge in [0.2, 0.25) is 5.82 Å². The summed E-state index contributed by atoms with van der Waals surface area (Å²) in [5, 5.41) is 11.4. The second kappa shape index (κ2) is 9.11. The first kappa shape index (κ1) is 18.1. The van der Waals surface area contributed by atoms with Crippen molar-refractivity contribution in [3.05, 3.63) is 16.4 Å². The Labute approximate surface area is 129 Å². The molecule has 124 valence electrons. The summed E-state index contributed by atoms with van der Waals surface area (Å²) in [7, 11) is 3.13. The summed E-state index contributed by atoms with van der Waals surface area (Å²) in [4.78, 5) is 20.6. The fourth-order valence-electron chi connectivity index (χ4n) is 1.78. The molecule has 0 N–H and O–H groups in total. The van der Waals surface area contributed by atoms with E-state index in [0.29, 0.717) is 26.3 Å². The van der Waals surface area contributed by atoms with E-state index in [2.05, 4.69) is 9.97 Å². The molecule has 0 saturated carbocycles. The summed E-state index contributed by atoms with van der Waals surface area (Å²) in [5.41, 5.74) is -0.247. The molecule has 22 heavy (non-hydrogen) atoms. The summed E-state index contributed by atoms with van der Waals surface area (Å²) < 4.78 is 15.5. The van der Waals surface area contributed by atoms with Gasteiger partial charge >= 0.3 is 5.69 Å². The Morgan fingerprint density at radius 1 is 1.23 bits per heavy atom. The molecule has 1 heterocycles. The van der Waals surface area contributed by atoms with Crippen molar-refractivity contribution in [1.82, 2.24) is 9.97 Å². The molecule has 0 fully saturated rings. The van der Waals surface area contributed by atoms with Crippen LogP contribution in [0.3, 0.4) is 0 Å². The summed E-state index contributed by atoms with van der Waals surface area (Å²) in [6.07, 6.45) is 1.03. The van der Waals surface area contributed by atoms with Crippen LogP contribution in [0.4, 0.5) is 11.5 Å². The molecule has 0 aliphatic carbocycles. The van der Waals surface area contributed by atoms with E-state index < -0.39 is 4.92 Å². The maximum absolute atomic E-state index is 11.4. The first-order valence-electron chi connectivity index (χ1n) is 6.90. The molecule has 9 heteroatoms. The SMILES string of the molecule is COCCN(CCOC)c1ncnc(OC(C)C)c1[N+](=O)[O-]. The fraction of sp³-hybridized carbons (Fsp3) is 0.692. The number of hydrogen-bond acceptors (Lipinski definition) is 8. The van der Waals surface area contributed by atoms with Crippen LogP contribution in [0.2, 0.25) is 0 Å². The van der Waals surface area contributed by atoms with Crippen LogP contribution < -0.4 is 9.64 Å². The van der Waals surface area contributed by atoms with Crippen molar-refractivity contribution >= 4 is 11.5 Å². The zero-order chi connectivity index (χ0) is 16.5. The minimum Gasteiger partial charge on any atom is -0.470 e. The standard InChI is InChI=1S/C13H22N4O5/c1-10(2)22-13-11(17(18)19)12(14-9-15-13)16(5-7-20-3)6-8-21-4/h9-10H,5-8H2,1-4H3. The van der Waals surface area contributed by atoms with Crippen LogP contribution >= 0.6 is 0 Å². The first-order valence-corrected chi connectivity index (χ1v) is 6.90. The van der Waals surface area contributed by atoms with Crippen molar-refractivity contribution in [2.75, 3.05) is 45.4 Å². The fourth-order valence-corrected chi connectivity index (χ4v) is 1.78. The highest BCUT2D eigenvalue weighted by atomic mass is 16.6. The third-order valence-corrected chi connectivity index (χ3v) is 2.73. The van der Waals surface area contributed by atoms with Gasteiger partial charge in [-0.2, -0.15) is 4.98 Å². The molecule has 1 aromatic rings. The van der Waals surface area contributed by atoms with E-state index in [1.54, 1.807) is 33.0 Å². The third kappa shape index (κ3) is 5.08. The Balaban J connectivity index is 3.18. The van der Waals surface area contributed by atoms with Gasteiger partial charge in [0.25, 0.3) is 5.88 Å². The number of ether oxygens (including phenoxy) is 3. The summed E-state index contributed by atoms with van der Waals surface area (Å²) >= 11 is 0. The first-order chi connectivity index (χ1) is 10.5. The van der Waals surface area contributed by atoms with Crippen LogP contribution in [0, 0.1) is 10.1 Å². The number of rotatable bonds is 10. The van der Waals surface area contributed by atoms with Gasteiger partial charge < -0.3 is 19.1 Å². The molecule has 0 aliphatic heterocycles. The largest absolute Gasteiger partial charge is 0.470 e. The van der Waals surface area contributed by atoms with Crippen molar-refractivity contribution in [1.29, 1.82) is 0 Å². The molecular weight excluding hydrogens is 292 g/mol. The average Bonchev–Trinajstić information content (AvgIpc) is 2.46. The molecule has 0 spiro atoms. The maximum Gasteiger partial charge on any atom is 0.372 e. The predicted molar refractivity (Wildman–Crippen MR) is 80.4 cm³/mol. The summed E-state index contributed by atoms with van der Waals surface area (Å²) in [6.45, 7) is 5.26. The van der Waals surface area contributed by atoms with E-state index in [-0.39, 0.29) is 23.5 Å². The molecule has 0 saturated heterocycles. The van der Waals surface area contributed by atoms with E-state index in [0.717, 1.165) is 0 Å². The molecular formula is C13H22N4O5. The predicted octanol–water partition coefficient (Wildman–Crippen LogP) is 1.27. The molecule has 9 nitrogen and oxygen atoms in total. The van der Waals surface area contributed by atoms with Gasteiger partial charge in [-0.15, -0.1) is 0 Å². The van der Waals surface area contributed by atoms with E-state index in [9.17, 15) is 10.1 Å². The van der Waals surface area contributed by atoms with Crippen molar-refractivity contribution < 1.29 is 19.1 Å². The van der Waals surface area contributed by atoms with Gasteiger partial charge in [-0.05, 0) is 13.8 Å². The monoisotopic (exact) mass is 314 g/mol. The van der Waals surface area contributed by atoms with Gasteiger partial charge in [0.05, 0.1) is 24.2 Å². The van der Waals surface area contributed by atoms with Gasteiger partial charge in [-0.3, -0.25) is 10.1 Å². The lowest BCUT2D eigenvalue weighted by atomic mass is 10.3. The molecule has 0 aliphatic rings. The van der Waals surface area contributed by atoms with Crippen molar-refractivity contribution in [2.24, 2.45) is 0 Å². The number of aromatic nitrogens is 2. The summed E-state index contributed by atoms with van der Waals surface area (Å²) in [6, 6.07) is 0. The number of nitrogens with zero attached hydrogens (tertiary/aromatic N) is 4. The smallest absolute Gasteiger partial charge is 0.372 e. The zero-order valence-corrected chi connectivity index (χ0v) is 13.3. The normalized spacial score (nSPS) is 10.8. The molecule has 0 aromatic carbocycles. The Morgan fingerprint density at radius 2 is 1.82 bits per heavy atom. The lowest BCUT2D eigenvalue weighted by Gasteiger charge is -2.23. The van der Waals surface area contributed by atoms with Crippen LogP contribution in [0.1, 0.15) is 13.8 Å². The van der Waals surface area contributed by atoms with E-state index in [1.807, 2.05) is 0 Å². The van der Waals surface area contributed by atoms with Gasteiger partial charge in [0.1, 0.15) is 6.33 Å². The average molecular weight is 314 g/mol. The van der Waals surface area contributed by atoms with Crippen LogP contribution in [-0.2, 0) is 9.47 Å². The van der Waals surface area contributed by atoms with E-state index >= 15 is 0 Å². The van der Waals surface area contributed by atoms with Gasteiger partial charge in [0.15, 0.2) is 0 Å². The molecule has 0 bridgehead atoms. The van der Waals surface area contributed by atoms with Crippen LogP contribution in [0.25, 0.3) is 0 Å².